The first kappa shape index (κ1) is 15.0. The first-order chi connectivity index (χ1) is 9.58. The number of benzene rings is 1. The minimum atomic E-state index is -0.278. The van der Waals surface area contributed by atoms with Crippen LogP contribution in [0, 0.1) is 23.1 Å². The molecule has 0 radical (unpaired) electrons. The van der Waals surface area contributed by atoms with E-state index in [9.17, 15) is 4.39 Å². The van der Waals surface area contributed by atoms with E-state index in [0.717, 1.165) is 19.6 Å². The highest BCUT2D eigenvalue weighted by Gasteiger charge is 2.18. The van der Waals surface area contributed by atoms with Crippen LogP contribution in [0.4, 0.5) is 4.39 Å². The van der Waals surface area contributed by atoms with Crippen LogP contribution in [0.5, 0.6) is 0 Å². The van der Waals surface area contributed by atoms with Crippen molar-refractivity contribution in [3.8, 4) is 6.07 Å². The molecule has 1 heterocycles. The van der Waals surface area contributed by atoms with E-state index in [1.54, 1.807) is 12.1 Å². The van der Waals surface area contributed by atoms with Crippen LogP contribution < -0.4 is 0 Å². The van der Waals surface area contributed by atoms with E-state index < -0.39 is 0 Å². The molecule has 20 heavy (non-hydrogen) atoms. The lowest BCUT2D eigenvalue weighted by atomic mass is 9.96. The normalized spacial score (nSPS) is 17.4. The van der Waals surface area contributed by atoms with E-state index in [1.807, 2.05) is 13.1 Å². The average molecular weight is 275 g/mol. The summed E-state index contributed by atoms with van der Waals surface area (Å²) < 4.78 is 13.8. The molecule has 0 atom stereocenters. The molecule has 1 aromatic rings. The predicted octanol–water partition coefficient (Wildman–Crippen LogP) is 2.47. The second-order valence-electron chi connectivity index (χ2n) is 5.86. The molecule has 1 aliphatic rings. The van der Waals surface area contributed by atoms with E-state index in [2.05, 4.69) is 16.8 Å². The van der Waals surface area contributed by atoms with Gasteiger partial charge in [0.25, 0.3) is 0 Å². The molecule has 0 spiro atoms. The predicted molar refractivity (Wildman–Crippen MR) is 77.7 cm³/mol. The summed E-state index contributed by atoms with van der Waals surface area (Å²) >= 11 is 0. The Kier molecular flexibility index (Phi) is 5.11. The van der Waals surface area contributed by atoms with Crippen LogP contribution in [0.3, 0.4) is 0 Å². The number of hydrogen-bond acceptors (Lipinski definition) is 3. The molecule has 3 nitrogen and oxygen atoms in total. The van der Waals surface area contributed by atoms with Gasteiger partial charge < -0.3 is 9.80 Å². The smallest absolute Gasteiger partial charge is 0.129 e. The third kappa shape index (κ3) is 4.03. The molecule has 2 rings (SSSR count). The SMILES string of the molecule is CN1CCC(CN(C)Cc2ccc(C#N)cc2F)CC1. The summed E-state index contributed by atoms with van der Waals surface area (Å²) in [7, 11) is 4.20. The molecule has 0 unspecified atom stereocenters. The zero-order valence-electron chi connectivity index (χ0n) is 12.3. The van der Waals surface area contributed by atoms with E-state index in [4.69, 9.17) is 5.26 Å². The second-order valence-corrected chi connectivity index (χ2v) is 5.86. The first-order valence-electron chi connectivity index (χ1n) is 7.14. The maximum absolute atomic E-state index is 13.8. The van der Waals surface area contributed by atoms with Crippen molar-refractivity contribution in [1.82, 2.24) is 9.80 Å². The highest BCUT2D eigenvalue weighted by atomic mass is 19.1. The molecule has 0 saturated carbocycles. The fourth-order valence-electron chi connectivity index (χ4n) is 2.79. The molecular weight excluding hydrogens is 253 g/mol. The van der Waals surface area contributed by atoms with E-state index in [1.165, 1.54) is 18.9 Å². The Morgan fingerprint density at radius 3 is 2.70 bits per heavy atom. The monoisotopic (exact) mass is 275 g/mol. The number of piperidine rings is 1. The number of nitrogens with zero attached hydrogens (tertiary/aromatic N) is 3. The van der Waals surface area contributed by atoms with Crippen LogP contribution in [0.25, 0.3) is 0 Å². The van der Waals surface area contributed by atoms with Crippen molar-refractivity contribution in [2.45, 2.75) is 19.4 Å². The molecule has 0 amide bonds. The van der Waals surface area contributed by atoms with Crippen LogP contribution in [0.15, 0.2) is 18.2 Å². The summed E-state index contributed by atoms with van der Waals surface area (Å²) in [4.78, 5) is 4.54. The van der Waals surface area contributed by atoms with Gasteiger partial charge in [-0.3, -0.25) is 0 Å². The summed E-state index contributed by atoms with van der Waals surface area (Å²) in [6.45, 7) is 3.92. The first-order valence-corrected chi connectivity index (χ1v) is 7.14. The van der Waals surface area contributed by atoms with Gasteiger partial charge in [0, 0.05) is 18.7 Å². The second kappa shape index (κ2) is 6.83. The maximum atomic E-state index is 13.8. The number of likely N-dealkylation sites (tertiary alicyclic amines) is 1. The Balaban J connectivity index is 1.88. The summed E-state index contributed by atoms with van der Waals surface area (Å²) in [6.07, 6.45) is 2.44. The number of halogens is 1. The van der Waals surface area contributed by atoms with Crippen LogP contribution in [0.2, 0.25) is 0 Å². The van der Waals surface area contributed by atoms with Gasteiger partial charge in [0.15, 0.2) is 0 Å². The molecule has 4 heteroatoms. The van der Waals surface area contributed by atoms with Crippen molar-refractivity contribution in [2.24, 2.45) is 5.92 Å². The van der Waals surface area contributed by atoms with Crippen LogP contribution >= 0.6 is 0 Å². The molecule has 1 saturated heterocycles. The molecule has 0 bridgehead atoms. The molecule has 1 aromatic carbocycles. The Morgan fingerprint density at radius 1 is 1.40 bits per heavy atom. The molecular formula is C16H22FN3. The molecule has 0 aliphatic carbocycles. The van der Waals surface area contributed by atoms with E-state index in [0.29, 0.717) is 23.6 Å². The van der Waals surface area contributed by atoms with Gasteiger partial charge in [0.05, 0.1) is 11.6 Å². The van der Waals surface area contributed by atoms with E-state index in [-0.39, 0.29) is 5.82 Å². The fourth-order valence-corrected chi connectivity index (χ4v) is 2.79. The Labute approximate surface area is 120 Å². The summed E-state index contributed by atoms with van der Waals surface area (Å²) in [5, 5.41) is 8.74. The number of hydrogen-bond donors (Lipinski definition) is 0. The molecule has 0 N–H and O–H groups in total. The highest BCUT2D eigenvalue weighted by molar-refractivity contribution is 5.32. The minimum Gasteiger partial charge on any atom is -0.306 e. The van der Waals surface area contributed by atoms with Gasteiger partial charge in [-0.1, -0.05) is 6.07 Å². The molecule has 0 aromatic heterocycles. The zero-order valence-corrected chi connectivity index (χ0v) is 12.3. The van der Waals surface area contributed by atoms with Gasteiger partial charge in [0.1, 0.15) is 5.82 Å². The minimum absolute atomic E-state index is 0.278. The number of nitriles is 1. The van der Waals surface area contributed by atoms with Crippen LogP contribution in [-0.4, -0.2) is 43.5 Å². The van der Waals surface area contributed by atoms with Gasteiger partial charge >= 0.3 is 0 Å². The van der Waals surface area contributed by atoms with Gasteiger partial charge in [-0.05, 0) is 58.1 Å². The topological polar surface area (TPSA) is 30.3 Å². The average Bonchev–Trinajstić information content (AvgIpc) is 2.43. The van der Waals surface area contributed by atoms with Gasteiger partial charge in [0.2, 0.25) is 0 Å². The summed E-state index contributed by atoms with van der Waals surface area (Å²) in [5.41, 5.74) is 1.05. The third-order valence-corrected chi connectivity index (χ3v) is 4.03. The molecule has 1 fully saturated rings. The maximum Gasteiger partial charge on any atom is 0.129 e. The quantitative estimate of drug-likeness (QED) is 0.845. The lowest BCUT2D eigenvalue weighted by Crippen LogP contribution is -2.35. The Bertz CT molecular complexity index is 487. The van der Waals surface area contributed by atoms with Gasteiger partial charge in [-0.25, -0.2) is 4.39 Å². The van der Waals surface area contributed by atoms with Gasteiger partial charge in [-0.15, -0.1) is 0 Å². The Morgan fingerprint density at radius 2 is 2.10 bits per heavy atom. The lowest BCUT2D eigenvalue weighted by molar-refractivity contribution is 0.172. The molecule has 108 valence electrons. The summed E-state index contributed by atoms with van der Waals surface area (Å²) in [5.74, 6) is 0.428. The third-order valence-electron chi connectivity index (χ3n) is 4.03. The zero-order chi connectivity index (χ0) is 14.5. The standard InChI is InChI=1S/C16H22FN3/c1-19-7-5-13(6-8-19)11-20(2)12-15-4-3-14(10-18)9-16(15)17/h3-4,9,13H,5-8,11-12H2,1-2H3. The van der Waals surface area contributed by atoms with Crippen molar-refractivity contribution < 1.29 is 4.39 Å². The largest absolute Gasteiger partial charge is 0.306 e. The molecule has 1 aliphatic heterocycles. The van der Waals surface area contributed by atoms with Crippen molar-refractivity contribution in [2.75, 3.05) is 33.7 Å². The van der Waals surface area contributed by atoms with Crippen LogP contribution in [-0.2, 0) is 6.54 Å². The van der Waals surface area contributed by atoms with Crippen molar-refractivity contribution in [1.29, 1.82) is 5.26 Å². The highest BCUT2D eigenvalue weighted by Crippen LogP contribution is 2.18. The van der Waals surface area contributed by atoms with Crippen molar-refractivity contribution in [3.05, 3.63) is 35.1 Å². The van der Waals surface area contributed by atoms with Gasteiger partial charge in [-0.2, -0.15) is 5.26 Å². The van der Waals surface area contributed by atoms with Crippen LogP contribution in [0.1, 0.15) is 24.0 Å². The van der Waals surface area contributed by atoms with E-state index >= 15 is 0 Å². The Hall–Kier alpha value is -1.44. The fraction of sp³-hybridized carbons (Fsp3) is 0.562. The summed E-state index contributed by atoms with van der Waals surface area (Å²) in [6, 6.07) is 6.68. The number of rotatable bonds is 4. The van der Waals surface area contributed by atoms with Crippen molar-refractivity contribution >= 4 is 0 Å². The lowest BCUT2D eigenvalue weighted by Gasteiger charge is -2.31. The van der Waals surface area contributed by atoms with Crippen molar-refractivity contribution in [3.63, 3.8) is 0 Å².